The molecule has 0 unspecified atom stereocenters. The molecule has 0 aromatic carbocycles. The van der Waals surface area contributed by atoms with Gasteiger partial charge < -0.3 is 10.5 Å². The molecule has 2 N–H and O–H groups in total. The lowest BCUT2D eigenvalue weighted by atomic mass is 10.1. The Labute approximate surface area is 66.2 Å². The molecule has 1 rings (SSSR count). The molecule has 0 radical (unpaired) electrons. The predicted octanol–water partition coefficient (Wildman–Crippen LogP) is 0.453. The van der Waals surface area contributed by atoms with Gasteiger partial charge in [0.2, 0.25) is 0 Å². The van der Waals surface area contributed by atoms with Crippen molar-refractivity contribution >= 4 is 5.97 Å². The molecule has 3 nitrogen and oxygen atoms in total. The first kappa shape index (κ1) is 8.27. The Kier molecular flexibility index (Phi) is 2.00. The van der Waals surface area contributed by atoms with E-state index in [4.69, 9.17) is 10.5 Å². The first-order valence-corrected chi connectivity index (χ1v) is 3.73. The third-order valence-electron chi connectivity index (χ3n) is 2.08. The van der Waals surface area contributed by atoms with Gasteiger partial charge in [-0.25, -0.2) is 0 Å². The maximum Gasteiger partial charge on any atom is 0.317 e. The summed E-state index contributed by atoms with van der Waals surface area (Å²) in [6.45, 7) is 5.75. The largest absolute Gasteiger partial charge is 0.465 e. The Morgan fingerprint density at radius 3 is 2.82 bits per heavy atom. The highest BCUT2D eigenvalue weighted by molar-refractivity contribution is 5.84. The van der Waals surface area contributed by atoms with Crippen LogP contribution in [0, 0.1) is 5.41 Å². The Bertz CT molecular complexity index is 191. The number of carbonyl (C=O) groups excluding carboxylic acids is 1. The molecule has 1 aliphatic rings. The van der Waals surface area contributed by atoms with Gasteiger partial charge in [-0.1, -0.05) is 6.08 Å². The van der Waals surface area contributed by atoms with Gasteiger partial charge in [0.05, 0.1) is 6.61 Å². The molecular weight excluding hydrogens is 142 g/mol. The smallest absolute Gasteiger partial charge is 0.317 e. The Balaban J connectivity index is 2.58. The molecule has 3 heteroatoms. The van der Waals surface area contributed by atoms with Crippen LogP contribution in [-0.4, -0.2) is 18.6 Å². The number of hydrogen-bond acceptors (Lipinski definition) is 3. The minimum absolute atomic E-state index is 0.0842. The Morgan fingerprint density at radius 2 is 2.55 bits per heavy atom. The maximum atomic E-state index is 11.2. The first-order chi connectivity index (χ1) is 5.17. The zero-order chi connectivity index (χ0) is 8.48. The van der Waals surface area contributed by atoms with Crippen molar-refractivity contribution in [1.29, 1.82) is 0 Å². The fourth-order valence-electron chi connectivity index (χ4n) is 1.12. The molecule has 1 fully saturated rings. The van der Waals surface area contributed by atoms with E-state index in [1.165, 1.54) is 0 Å². The lowest BCUT2D eigenvalue weighted by Gasteiger charge is -2.08. The summed E-state index contributed by atoms with van der Waals surface area (Å²) in [4.78, 5) is 11.2. The summed E-state index contributed by atoms with van der Waals surface area (Å²) in [5.41, 5.74) is 5.01. The van der Waals surface area contributed by atoms with E-state index in [0.29, 0.717) is 13.0 Å². The molecule has 0 aromatic heterocycles. The van der Waals surface area contributed by atoms with Crippen LogP contribution < -0.4 is 5.73 Å². The summed E-state index contributed by atoms with van der Waals surface area (Å²) in [5, 5.41) is 0. The standard InChI is InChI=1S/C8H13NO2/c1-3-8(5-6(8)9)7(10)11-4-2/h3,6H,1,4-5,9H2,2H3/t6-,8-/m0/s1. The van der Waals surface area contributed by atoms with Gasteiger partial charge >= 0.3 is 5.97 Å². The lowest BCUT2D eigenvalue weighted by Crippen LogP contribution is -2.24. The van der Waals surface area contributed by atoms with E-state index in [-0.39, 0.29) is 12.0 Å². The van der Waals surface area contributed by atoms with Crippen molar-refractivity contribution < 1.29 is 9.53 Å². The molecular formula is C8H13NO2. The highest BCUT2D eigenvalue weighted by Gasteiger charge is 2.57. The summed E-state index contributed by atoms with van der Waals surface area (Å²) in [7, 11) is 0. The summed E-state index contributed by atoms with van der Waals surface area (Å²) >= 11 is 0. The molecule has 0 aliphatic heterocycles. The zero-order valence-corrected chi connectivity index (χ0v) is 6.67. The van der Waals surface area contributed by atoms with Crippen LogP contribution in [0.2, 0.25) is 0 Å². The number of hydrogen-bond donors (Lipinski definition) is 1. The monoisotopic (exact) mass is 155 g/mol. The topological polar surface area (TPSA) is 52.3 Å². The minimum Gasteiger partial charge on any atom is -0.465 e. The van der Waals surface area contributed by atoms with Gasteiger partial charge in [-0.3, -0.25) is 4.79 Å². The first-order valence-electron chi connectivity index (χ1n) is 3.73. The van der Waals surface area contributed by atoms with Crippen molar-refractivity contribution in [2.45, 2.75) is 19.4 Å². The highest BCUT2D eigenvalue weighted by atomic mass is 16.5. The Morgan fingerprint density at radius 1 is 2.00 bits per heavy atom. The zero-order valence-electron chi connectivity index (χ0n) is 6.67. The summed E-state index contributed by atoms with van der Waals surface area (Å²) < 4.78 is 4.84. The van der Waals surface area contributed by atoms with Gasteiger partial charge in [-0.2, -0.15) is 0 Å². The van der Waals surface area contributed by atoms with Gasteiger partial charge in [-0.05, 0) is 13.3 Å². The van der Waals surface area contributed by atoms with Crippen LogP contribution in [0.1, 0.15) is 13.3 Å². The molecule has 11 heavy (non-hydrogen) atoms. The van der Waals surface area contributed by atoms with E-state index in [2.05, 4.69) is 6.58 Å². The third-order valence-corrected chi connectivity index (χ3v) is 2.08. The fourth-order valence-corrected chi connectivity index (χ4v) is 1.12. The molecule has 0 aromatic rings. The van der Waals surface area contributed by atoms with Crippen molar-refractivity contribution in [3.63, 3.8) is 0 Å². The van der Waals surface area contributed by atoms with E-state index in [9.17, 15) is 4.79 Å². The molecule has 0 amide bonds. The van der Waals surface area contributed by atoms with Crippen molar-refractivity contribution in [3.05, 3.63) is 12.7 Å². The fraction of sp³-hybridized carbons (Fsp3) is 0.625. The van der Waals surface area contributed by atoms with E-state index in [1.807, 2.05) is 0 Å². The van der Waals surface area contributed by atoms with Gasteiger partial charge in [0.25, 0.3) is 0 Å². The summed E-state index contributed by atoms with van der Waals surface area (Å²) in [5.74, 6) is -0.234. The number of rotatable bonds is 3. The molecule has 1 aliphatic carbocycles. The minimum atomic E-state index is -0.560. The molecule has 2 atom stereocenters. The predicted molar refractivity (Wildman–Crippen MR) is 41.9 cm³/mol. The SMILES string of the molecule is C=C[C@]1(C(=O)OCC)C[C@@H]1N. The average Bonchev–Trinajstić information content (AvgIpc) is 2.63. The molecule has 0 heterocycles. The van der Waals surface area contributed by atoms with E-state index < -0.39 is 5.41 Å². The molecule has 1 saturated carbocycles. The van der Waals surface area contributed by atoms with E-state index in [0.717, 1.165) is 0 Å². The lowest BCUT2D eigenvalue weighted by molar-refractivity contribution is -0.147. The number of ether oxygens (including phenoxy) is 1. The normalized spacial score (nSPS) is 34.5. The van der Waals surface area contributed by atoms with Crippen LogP contribution >= 0.6 is 0 Å². The van der Waals surface area contributed by atoms with E-state index >= 15 is 0 Å². The summed E-state index contributed by atoms with van der Waals surface area (Å²) in [6, 6.07) is -0.0842. The highest BCUT2D eigenvalue weighted by Crippen LogP contribution is 2.46. The van der Waals surface area contributed by atoms with Crippen LogP contribution in [0.5, 0.6) is 0 Å². The summed E-state index contributed by atoms with van der Waals surface area (Å²) in [6.07, 6.45) is 2.27. The van der Waals surface area contributed by atoms with Crippen LogP contribution in [0.25, 0.3) is 0 Å². The van der Waals surface area contributed by atoms with Gasteiger partial charge in [-0.15, -0.1) is 6.58 Å². The number of carbonyl (C=O) groups is 1. The van der Waals surface area contributed by atoms with Crippen molar-refractivity contribution in [3.8, 4) is 0 Å². The second kappa shape index (κ2) is 2.66. The van der Waals surface area contributed by atoms with Crippen LogP contribution in [0.15, 0.2) is 12.7 Å². The van der Waals surface area contributed by atoms with Gasteiger partial charge in [0.1, 0.15) is 5.41 Å². The van der Waals surface area contributed by atoms with Crippen molar-refractivity contribution in [2.24, 2.45) is 11.1 Å². The van der Waals surface area contributed by atoms with E-state index in [1.54, 1.807) is 13.0 Å². The van der Waals surface area contributed by atoms with Gasteiger partial charge in [0.15, 0.2) is 0 Å². The average molecular weight is 155 g/mol. The molecule has 0 saturated heterocycles. The number of esters is 1. The van der Waals surface area contributed by atoms with Crippen molar-refractivity contribution in [1.82, 2.24) is 0 Å². The quantitative estimate of drug-likeness (QED) is 0.475. The van der Waals surface area contributed by atoms with Crippen LogP contribution in [-0.2, 0) is 9.53 Å². The Hall–Kier alpha value is -0.830. The van der Waals surface area contributed by atoms with Crippen LogP contribution in [0.4, 0.5) is 0 Å². The van der Waals surface area contributed by atoms with Gasteiger partial charge in [0, 0.05) is 6.04 Å². The maximum absolute atomic E-state index is 11.2. The molecule has 0 bridgehead atoms. The molecule has 62 valence electrons. The van der Waals surface area contributed by atoms with Crippen LogP contribution in [0.3, 0.4) is 0 Å². The third kappa shape index (κ3) is 1.16. The second-order valence-corrected chi connectivity index (χ2v) is 2.78. The molecule has 0 spiro atoms. The van der Waals surface area contributed by atoms with Crippen molar-refractivity contribution in [2.75, 3.05) is 6.61 Å². The number of nitrogens with two attached hydrogens (primary N) is 1. The second-order valence-electron chi connectivity index (χ2n) is 2.78.